The molecule has 2 rings (SSSR count). The molecule has 0 aromatic heterocycles. The summed E-state index contributed by atoms with van der Waals surface area (Å²) < 4.78 is 22.7. The highest BCUT2D eigenvalue weighted by molar-refractivity contribution is 7.91. The van der Waals surface area contributed by atoms with Gasteiger partial charge in [0.05, 0.1) is 11.5 Å². The van der Waals surface area contributed by atoms with Gasteiger partial charge in [-0.3, -0.25) is 4.79 Å². The first-order valence-corrected chi connectivity index (χ1v) is 8.83. The van der Waals surface area contributed by atoms with Crippen LogP contribution in [0, 0.1) is 5.41 Å². The second-order valence-electron chi connectivity index (χ2n) is 6.26. The van der Waals surface area contributed by atoms with E-state index >= 15 is 0 Å². The second kappa shape index (κ2) is 5.40. The number of hydrogen-bond donors (Lipinski definition) is 1. The van der Waals surface area contributed by atoms with Gasteiger partial charge in [0.15, 0.2) is 0 Å². The molecule has 0 aromatic carbocycles. The SMILES string of the molecule is CN1CCC(C)(C(=O)NC2CCS(=O)(=O)CC2)CC1. The van der Waals surface area contributed by atoms with Gasteiger partial charge in [-0.1, -0.05) is 6.92 Å². The lowest BCUT2D eigenvalue weighted by molar-refractivity contribution is -0.133. The Morgan fingerprint density at radius 1 is 1.21 bits per heavy atom. The Morgan fingerprint density at radius 3 is 2.26 bits per heavy atom. The third kappa shape index (κ3) is 3.69. The van der Waals surface area contributed by atoms with E-state index in [1.54, 1.807) is 0 Å². The molecule has 110 valence electrons. The van der Waals surface area contributed by atoms with Crippen molar-refractivity contribution in [3.05, 3.63) is 0 Å². The van der Waals surface area contributed by atoms with Crippen LogP contribution in [0.3, 0.4) is 0 Å². The topological polar surface area (TPSA) is 66.5 Å². The van der Waals surface area contributed by atoms with Crippen LogP contribution >= 0.6 is 0 Å². The minimum atomic E-state index is -2.86. The van der Waals surface area contributed by atoms with Crippen molar-refractivity contribution in [3.8, 4) is 0 Å². The molecule has 5 nitrogen and oxygen atoms in total. The van der Waals surface area contributed by atoms with Gasteiger partial charge >= 0.3 is 0 Å². The fourth-order valence-electron chi connectivity index (χ4n) is 2.73. The van der Waals surface area contributed by atoms with E-state index in [1.807, 2.05) is 6.92 Å². The van der Waals surface area contributed by atoms with Crippen LogP contribution in [0.5, 0.6) is 0 Å². The van der Waals surface area contributed by atoms with Crippen molar-refractivity contribution in [2.75, 3.05) is 31.6 Å². The Hall–Kier alpha value is -0.620. The molecule has 0 unspecified atom stereocenters. The number of nitrogens with zero attached hydrogens (tertiary/aromatic N) is 1. The number of piperidine rings is 1. The van der Waals surface area contributed by atoms with E-state index in [0.29, 0.717) is 12.8 Å². The van der Waals surface area contributed by atoms with Crippen molar-refractivity contribution in [2.24, 2.45) is 5.41 Å². The number of nitrogens with one attached hydrogen (secondary N) is 1. The summed E-state index contributed by atoms with van der Waals surface area (Å²) in [5, 5.41) is 3.06. The summed E-state index contributed by atoms with van der Waals surface area (Å²) >= 11 is 0. The van der Waals surface area contributed by atoms with Crippen LogP contribution < -0.4 is 5.32 Å². The molecule has 0 radical (unpaired) electrons. The van der Waals surface area contributed by atoms with Gasteiger partial charge in [0, 0.05) is 11.5 Å². The minimum Gasteiger partial charge on any atom is -0.353 e. The Balaban J connectivity index is 1.87. The molecule has 2 aliphatic rings. The standard InChI is InChI=1S/C13H24N2O3S/c1-13(5-7-15(2)8-6-13)12(16)14-11-3-9-19(17,18)10-4-11/h11H,3-10H2,1-2H3,(H,14,16). The van der Waals surface area contributed by atoms with Crippen molar-refractivity contribution in [1.82, 2.24) is 10.2 Å². The van der Waals surface area contributed by atoms with Gasteiger partial charge < -0.3 is 10.2 Å². The number of carbonyl (C=O) groups is 1. The summed E-state index contributed by atoms with van der Waals surface area (Å²) in [6.45, 7) is 3.92. The van der Waals surface area contributed by atoms with E-state index in [1.165, 1.54) is 0 Å². The van der Waals surface area contributed by atoms with Crippen molar-refractivity contribution in [1.29, 1.82) is 0 Å². The highest BCUT2D eigenvalue weighted by atomic mass is 32.2. The van der Waals surface area contributed by atoms with Crippen molar-refractivity contribution in [3.63, 3.8) is 0 Å². The minimum absolute atomic E-state index is 0.0347. The molecule has 2 heterocycles. The number of carbonyl (C=O) groups excluding carboxylic acids is 1. The molecule has 0 spiro atoms. The normalized spacial score (nSPS) is 27.9. The average Bonchev–Trinajstić information content (AvgIpc) is 2.36. The van der Waals surface area contributed by atoms with E-state index in [2.05, 4.69) is 17.3 Å². The first-order valence-electron chi connectivity index (χ1n) is 7.01. The summed E-state index contributed by atoms with van der Waals surface area (Å²) in [5.41, 5.74) is -0.289. The zero-order valence-electron chi connectivity index (χ0n) is 11.8. The number of sulfone groups is 1. The molecule has 19 heavy (non-hydrogen) atoms. The Bertz CT molecular complexity index is 425. The lowest BCUT2D eigenvalue weighted by atomic mass is 9.79. The van der Waals surface area contributed by atoms with Crippen LogP contribution in [0.4, 0.5) is 0 Å². The summed E-state index contributed by atoms with van der Waals surface area (Å²) in [6, 6.07) is 0.0347. The Kier molecular flexibility index (Phi) is 4.20. The Labute approximate surface area is 115 Å². The largest absolute Gasteiger partial charge is 0.353 e. The van der Waals surface area contributed by atoms with Crippen molar-refractivity contribution < 1.29 is 13.2 Å². The predicted octanol–water partition coefficient (Wildman–Crippen LogP) is 0.412. The Morgan fingerprint density at radius 2 is 1.74 bits per heavy atom. The highest BCUT2D eigenvalue weighted by Crippen LogP contribution is 2.31. The van der Waals surface area contributed by atoms with Crippen LogP contribution in [-0.2, 0) is 14.6 Å². The lowest BCUT2D eigenvalue weighted by Gasteiger charge is -2.38. The maximum atomic E-state index is 12.4. The van der Waals surface area contributed by atoms with Crippen LogP contribution in [0.1, 0.15) is 32.6 Å². The van der Waals surface area contributed by atoms with E-state index in [0.717, 1.165) is 25.9 Å². The number of hydrogen-bond acceptors (Lipinski definition) is 4. The van der Waals surface area contributed by atoms with Crippen LogP contribution in [0.25, 0.3) is 0 Å². The first kappa shape index (κ1) is 14.8. The third-order valence-corrected chi connectivity index (χ3v) is 6.24. The van der Waals surface area contributed by atoms with Gasteiger partial charge in [-0.25, -0.2) is 8.42 Å². The van der Waals surface area contributed by atoms with E-state index in [4.69, 9.17) is 0 Å². The molecule has 2 saturated heterocycles. The molecular formula is C13H24N2O3S. The molecule has 0 aliphatic carbocycles. The molecular weight excluding hydrogens is 264 g/mol. The lowest BCUT2D eigenvalue weighted by Crippen LogP contribution is -2.50. The fraction of sp³-hybridized carbons (Fsp3) is 0.923. The van der Waals surface area contributed by atoms with E-state index < -0.39 is 9.84 Å². The quantitative estimate of drug-likeness (QED) is 0.799. The highest BCUT2D eigenvalue weighted by Gasteiger charge is 2.37. The summed E-state index contributed by atoms with van der Waals surface area (Å²) in [7, 11) is -0.784. The predicted molar refractivity (Wildman–Crippen MR) is 74.7 cm³/mol. The van der Waals surface area contributed by atoms with Crippen LogP contribution in [0.2, 0.25) is 0 Å². The molecule has 2 fully saturated rings. The molecule has 0 atom stereocenters. The maximum absolute atomic E-state index is 12.4. The fourth-order valence-corrected chi connectivity index (χ4v) is 4.22. The van der Waals surface area contributed by atoms with Gasteiger partial charge in [0.25, 0.3) is 0 Å². The van der Waals surface area contributed by atoms with E-state index in [9.17, 15) is 13.2 Å². The van der Waals surface area contributed by atoms with Crippen molar-refractivity contribution >= 4 is 15.7 Å². The monoisotopic (exact) mass is 288 g/mol. The maximum Gasteiger partial charge on any atom is 0.226 e. The molecule has 2 aliphatic heterocycles. The first-order chi connectivity index (χ1) is 8.81. The molecule has 0 bridgehead atoms. The summed E-state index contributed by atoms with van der Waals surface area (Å²) in [6.07, 6.45) is 2.87. The van der Waals surface area contributed by atoms with Gasteiger partial charge in [-0.05, 0) is 45.8 Å². The zero-order chi connectivity index (χ0) is 14.1. The number of rotatable bonds is 2. The van der Waals surface area contributed by atoms with Crippen LogP contribution in [0.15, 0.2) is 0 Å². The second-order valence-corrected chi connectivity index (χ2v) is 8.57. The zero-order valence-corrected chi connectivity index (χ0v) is 12.6. The van der Waals surface area contributed by atoms with Crippen molar-refractivity contribution in [2.45, 2.75) is 38.6 Å². The molecule has 0 saturated carbocycles. The molecule has 1 amide bonds. The third-order valence-electron chi connectivity index (χ3n) is 4.53. The smallest absolute Gasteiger partial charge is 0.226 e. The van der Waals surface area contributed by atoms with Gasteiger partial charge in [0.2, 0.25) is 5.91 Å². The molecule has 1 N–H and O–H groups in total. The number of likely N-dealkylation sites (tertiary alicyclic amines) is 1. The molecule has 6 heteroatoms. The van der Waals surface area contributed by atoms with E-state index in [-0.39, 0.29) is 28.9 Å². The van der Waals surface area contributed by atoms with Gasteiger partial charge in [-0.15, -0.1) is 0 Å². The summed E-state index contributed by atoms with van der Waals surface area (Å²) in [5.74, 6) is 0.513. The number of amides is 1. The average molecular weight is 288 g/mol. The molecule has 0 aromatic rings. The van der Waals surface area contributed by atoms with Gasteiger partial charge in [-0.2, -0.15) is 0 Å². The summed E-state index contributed by atoms with van der Waals surface area (Å²) in [4.78, 5) is 14.6. The van der Waals surface area contributed by atoms with Crippen LogP contribution in [-0.4, -0.2) is 56.9 Å². The van der Waals surface area contributed by atoms with Gasteiger partial charge in [0.1, 0.15) is 9.84 Å².